The van der Waals surface area contributed by atoms with Crippen molar-refractivity contribution in [3.05, 3.63) is 229 Å². The van der Waals surface area contributed by atoms with Gasteiger partial charge in [-0.3, -0.25) is 9.55 Å². The van der Waals surface area contributed by atoms with Crippen molar-refractivity contribution in [2.45, 2.75) is 6.17 Å². The van der Waals surface area contributed by atoms with Gasteiger partial charge >= 0.3 is 0 Å². The molecule has 4 aromatic heterocycles. The number of aliphatic imine (C=N–C) groups is 2. The summed E-state index contributed by atoms with van der Waals surface area (Å²) in [6.45, 7) is 0. The Morgan fingerprint density at radius 1 is 0.439 bits per heavy atom. The Bertz CT molecular complexity index is 3900. The summed E-state index contributed by atoms with van der Waals surface area (Å²) < 4.78 is 4.60. The third kappa shape index (κ3) is 6.09. The van der Waals surface area contributed by atoms with E-state index in [1.54, 1.807) is 0 Å². The van der Waals surface area contributed by atoms with Crippen molar-refractivity contribution in [2.75, 3.05) is 0 Å². The zero-order valence-corrected chi connectivity index (χ0v) is 35.4. The highest BCUT2D eigenvalue weighted by molar-refractivity contribution is 6.24. The lowest BCUT2D eigenvalue weighted by Crippen LogP contribution is -2.33. The first kappa shape index (κ1) is 37.5. The molecule has 9 nitrogen and oxygen atoms in total. The fourth-order valence-corrected chi connectivity index (χ4v) is 9.52. The molecule has 0 amide bonds. The zero-order valence-electron chi connectivity index (χ0n) is 35.4. The van der Waals surface area contributed by atoms with Crippen LogP contribution < -0.4 is 5.32 Å². The zero-order chi connectivity index (χ0) is 43.6. The second-order valence-electron chi connectivity index (χ2n) is 16.3. The van der Waals surface area contributed by atoms with Gasteiger partial charge in [-0.05, 0) is 42.0 Å². The summed E-state index contributed by atoms with van der Waals surface area (Å²) in [5.74, 6) is 3.00. The molecule has 0 spiro atoms. The van der Waals surface area contributed by atoms with E-state index in [9.17, 15) is 0 Å². The molecular weight excluding hydrogens is 811 g/mol. The van der Waals surface area contributed by atoms with Crippen LogP contribution in [0.5, 0.6) is 0 Å². The van der Waals surface area contributed by atoms with Crippen molar-refractivity contribution in [3.63, 3.8) is 0 Å². The highest BCUT2D eigenvalue weighted by atomic mass is 15.2. The average molecular weight is 848 g/mol. The molecule has 8 aromatic carbocycles. The van der Waals surface area contributed by atoms with Crippen LogP contribution in [0.1, 0.15) is 22.9 Å². The van der Waals surface area contributed by atoms with Gasteiger partial charge in [0.05, 0.1) is 33.3 Å². The van der Waals surface area contributed by atoms with Crippen molar-refractivity contribution in [1.82, 2.24) is 34.4 Å². The highest BCUT2D eigenvalue weighted by Gasteiger charge is 2.27. The van der Waals surface area contributed by atoms with E-state index in [1.165, 1.54) is 0 Å². The van der Waals surface area contributed by atoms with Crippen LogP contribution in [0.4, 0.5) is 0 Å². The first-order chi connectivity index (χ1) is 32.7. The predicted octanol–water partition coefficient (Wildman–Crippen LogP) is 12.4. The summed E-state index contributed by atoms with van der Waals surface area (Å²) in [6, 6.07) is 71.0. The molecule has 0 radical (unpaired) electrons. The molecule has 12 aromatic rings. The largest absolute Gasteiger partial charge is 0.344 e. The molecular formula is C57H37N9. The second kappa shape index (κ2) is 15.3. The molecule has 0 bridgehead atoms. The van der Waals surface area contributed by atoms with Gasteiger partial charge in [-0.15, -0.1) is 0 Å². The Kier molecular flexibility index (Phi) is 8.70. The fraction of sp³-hybridized carbons (Fsp3) is 0.0175. The molecule has 1 unspecified atom stereocenters. The summed E-state index contributed by atoms with van der Waals surface area (Å²) in [6.07, 6.45) is 1.46. The molecule has 0 saturated carbocycles. The molecule has 66 heavy (non-hydrogen) atoms. The van der Waals surface area contributed by atoms with Gasteiger partial charge in [0.25, 0.3) is 0 Å². The van der Waals surface area contributed by atoms with Crippen LogP contribution in [0.25, 0.3) is 88.9 Å². The quantitative estimate of drug-likeness (QED) is 0.172. The van der Waals surface area contributed by atoms with Gasteiger partial charge in [-0.25, -0.2) is 15.0 Å². The third-order valence-corrected chi connectivity index (χ3v) is 12.5. The molecule has 0 saturated heterocycles. The molecule has 13 rings (SSSR count). The number of benzene rings is 8. The molecule has 0 aliphatic carbocycles. The minimum Gasteiger partial charge on any atom is -0.344 e. The maximum atomic E-state index is 5.40. The van der Waals surface area contributed by atoms with Crippen molar-refractivity contribution < 1.29 is 0 Å². The topological polar surface area (TPSA) is 98.2 Å². The molecule has 310 valence electrons. The standard InChI is InChI=1S/C57H37N9/c1-4-18-37(19-5-1)52-59-53(38-20-6-2-7-21-38)61-55(60-52)44-28-12-15-32-48(44)65-46-30-13-10-26-40(46)42-33-34-43-41-27-11-14-31-47(41)66(51(43)50(42)65)57-63-54(39-22-8-3-9-23-39)62-56(64-57)45-29-16-24-36-25-17-35-58-49(36)45/h1-35,52H,(H,59,60,61). The molecule has 9 heteroatoms. The van der Waals surface area contributed by atoms with E-state index >= 15 is 0 Å². The maximum Gasteiger partial charge on any atom is 0.238 e. The summed E-state index contributed by atoms with van der Waals surface area (Å²) in [7, 11) is 0. The Morgan fingerprint density at radius 3 is 1.79 bits per heavy atom. The minimum atomic E-state index is -0.358. The SMILES string of the molecule is c1ccc(C2=NC(c3ccccc3-n3c4ccccc4c4ccc5c6ccccc6n(-c6nc(-c7ccccc7)nc(-c7cccc8cccnc78)n6)c5c43)=NC(c3ccccc3)N2)cc1. The van der Waals surface area contributed by atoms with Gasteiger partial charge < -0.3 is 9.88 Å². The number of aromatic nitrogens is 6. The lowest BCUT2D eigenvalue weighted by atomic mass is 10.1. The Labute approximate surface area is 378 Å². The summed E-state index contributed by atoms with van der Waals surface area (Å²) >= 11 is 0. The molecule has 1 aliphatic rings. The maximum absolute atomic E-state index is 5.40. The molecule has 1 atom stereocenters. The number of nitrogens with zero attached hydrogens (tertiary/aromatic N) is 8. The number of pyridine rings is 1. The summed E-state index contributed by atoms with van der Waals surface area (Å²) in [4.78, 5) is 31.4. The second-order valence-corrected chi connectivity index (χ2v) is 16.3. The molecule has 1 N–H and O–H groups in total. The summed E-state index contributed by atoms with van der Waals surface area (Å²) in [5, 5.41) is 9.01. The van der Waals surface area contributed by atoms with Gasteiger partial charge in [0.15, 0.2) is 17.5 Å². The number of amidine groups is 2. The average Bonchev–Trinajstić information content (AvgIpc) is 3.92. The van der Waals surface area contributed by atoms with Crippen LogP contribution in [-0.4, -0.2) is 40.7 Å². The number of para-hydroxylation sites is 4. The number of rotatable bonds is 7. The van der Waals surface area contributed by atoms with Crippen LogP contribution >= 0.6 is 0 Å². The Morgan fingerprint density at radius 2 is 1.03 bits per heavy atom. The molecule has 0 fully saturated rings. The van der Waals surface area contributed by atoms with E-state index in [0.29, 0.717) is 23.4 Å². The van der Waals surface area contributed by atoms with Gasteiger partial charge in [0.2, 0.25) is 5.95 Å². The molecule has 1 aliphatic heterocycles. The normalized spacial score (nSPS) is 13.9. The first-order valence-corrected chi connectivity index (χ1v) is 22.0. The van der Waals surface area contributed by atoms with Crippen LogP contribution in [0.3, 0.4) is 0 Å². The predicted molar refractivity (Wildman–Crippen MR) is 267 cm³/mol. The van der Waals surface area contributed by atoms with Crippen LogP contribution in [0, 0.1) is 0 Å². The van der Waals surface area contributed by atoms with Crippen LogP contribution in [0.15, 0.2) is 222 Å². The molecule has 5 heterocycles. The van der Waals surface area contributed by atoms with Gasteiger partial charge in [0.1, 0.15) is 12.0 Å². The lowest BCUT2D eigenvalue weighted by Gasteiger charge is -2.24. The van der Waals surface area contributed by atoms with Crippen molar-refractivity contribution in [3.8, 4) is 34.4 Å². The van der Waals surface area contributed by atoms with E-state index < -0.39 is 0 Å². The number of fused-ring (bicyclic) bond motifs is 8. The third-order valence-electron chi connectivity index (χ3n) is 12.5. The Hall–Kier alpha value is -9.08. The number of hydrogen-bond acceptors (Lipinski definition) is 7. The summed E-state index contributed by atoms with van der Waals surface area (Å²) in [5.41, 5.74) is 10.4. The monoisotopic (exact) mass is 847 g/mol. The van der Waals surface area contributed by atoms with E-state index in [4.69, 9.17) is 29.9 Å². The van der Waals surface area contributed by atoms with Gasteiger partial charge in [-0.1, -0.05) is 170 Å². The minimum absolute atomic E-state index is 0.358. The van der Waals surface area contributed by atoms with E-state index in [1.807, 2.05) is 91.1 Å². The smallest absolute Gasteiger partial charge is 0.238 e. The number of nitrogens with one attached hydrogen (secondary N) is 1. The van der Waals surface area contributed by atoms with Crippen molar-refractivity contribution >= 4 is 66.2 Å². The van der Waals surface area contributed by atoms with Gasteiger partial charge in [0, 0.05) is 55.4 Å². The fourth-order valence-electron chi connectivity index (χ4n) is 9.52. The Balaban J connectivity index is 1.12. The van der Waals surface area contributed by atoms with E-state index in [2.05, 4.69) is 136 Å². The van der Waals surface area contributed by atoms with E-state index in [-0.39, 0.29) is 6.17 Å². The van der Waals surface area contributed by atoms with Crippen molar-refractivity contribution in [2.24, 2.45) is 9.98 Å². The van der Waals surface area contributed by atoms with E-state index in [0.717, 1.165) is 93.9 Å². The highest BCUT2D eigenvalue weighted by Crippen LogP contribution is 2.42. The van der Waals surface area contributed by atoms with Crippen molar-refractivity contribution in [1.29, 1.82) is 0 Å². The van der Waals surface area contributed by atoms with Gasteiger partial charge in [-0.2, -0.15) is 9.97 Å². The lowest BCUT2D eigenvalue weighted by molar-refractivity contribution is 0.674. The van der Waals surface area contributed by atoms with Crippen LogP contribution in [-0.2, 0) is 0 Å². The first-order valence-electron chi connectivity index (χ1n) is 22.0. The number of hydrogen-bond donors (Lipinski definition) is 1. The van der Waals surface area contributed by atoms with Crippen LogP contribution in [0.2, 0.25) is 0 Å².